The standard InChI is InChI=1S/C31H49ClN4O4S.ClH/c1-5-33-27-18-25(19-28(20-27)36-14-6-7-15-41(36,39)40)31(38)35-29(17-24-12-9-13-26(32)16-24)30(37)21-34-23(4)11-8-10-22(2)3;/h9,12-13,16,18-20,22-23,29-30,33-34,37,39-40H,5-8,10-11,14-15,17,21H2,1-4H3,(H,35,38);1H/t23?,29-,30-;/m0./s1. The first-order chi connectivity index (χ1) is 19.5. The van der Waals surface area contributed by atoms with E-state index in [0.29, 0.717) is 54.0 Å². The van der Waals surface area contributed by atoms with Gasteiger partial charge in [-0.2, -0.15) is 0 Å². The van der Waals surface area contributed by atoms with Crippen LogP contribution in [0.15, 0.2) is 42.5 Å². The van der Waals surface area contributed by atoms with Crippen LogP contribution in [0.3, 0.4) is 0 Å². The van der Waals surface area contributed by atoms with Crippen LogP contribution in [0.25, 0.3) is 0 Å². The van der Waals surface area contributed by atoms with Gasteiger partial charge in [-0.05, 0) is 81.3 Å². The molecule has 1 fully saturated rings. The Labute approximate surface area is 264 Å². The second kappa shape index (κ2) is 17.5. The van der Waals surface area contributed by atoms with Crippen molar-refractivity contribution in [2.45, 2.75) is 84.4 Å². The van der Waals surface area contributed by atoms with E-state index >= 15 is 0 Å². The molecule has 2 aromatic rings. The molecule has 238 valence electrons. The number of carbonyl (C=O) groups excluding carboxylic acids is 1. The van der Waals surface area contributed by atoms with E-state index < -0.39 is 22.9 Å². The summed E-state index contributed by atoms with van der Waals surface area (Å²) in [7, 11) is -2.95. The molecule has 2 aromatic carbocycles. The van der Waals surface area contributed by atoms with Crippen LogP contribution >= 0.6 is 34.8 Å². The number of halogens is 2. The maximum atomic E-state index is 13.7. The van der Waals surface area contributed by atoms with Crippen LogP contribution < -0.4 is 20.3 Å². The summed E-state index contributed by atoms with van der Waals surface area (Å²) in [6.07, 6.45) is 4.48. The molecule has 3 rings (SSSR count). The maximum absolute atomic E-state index is 13.7. The molecule has 0 spiro atoms. The summed E-state index contributed by atoms with van der Waals surface area (Å²) in [6.45, 7) is 10.0. The molecular weight excluding hydrogens is 595 g/mol. The lowest BCUT2D eigenvalue weighted by Crippen LogP contribution is -2.49. The third-order valence-corrected chi connectivity index (χ3v) is 9.62. The van der Waals surface area contributed by atoms with Gasteiger partial charge in [0.1, 0.15) is 0 Å². The third-order valence-electron chi connectivity index (χ3n) is 7.45. The van der Waals surface area contributed by atoms with E-state index in [1.807, 2.05) is 31.2 Å². The molecule has 3 atom stereocenters. The Morgan fingerprint density at radius 1 is 1.10 bits per heavy atom. The predicted molar refractivity (Wildman–Crippen MR) is 181 cm³/mol. The van der Waals surface area contributed by atoms with Gasteiger partial charge in [-0.15, -0.1) is 23.2 Å². The topological polar surface area (TPSA) is 117 Å². The normalized spacial score (nSPS) is 17.6. The fraction of sp³-hybridized carbons (Fsp3) is 0.581. The van der Waals surface area contributed by atoms with E-state index in [0.717, 1.165) is 36.9 Å². The fourth-order valence-electron chi connectivity index (χ4n) is 5.15. The quantitative estimate of drug-likeness (QED) is 0.124. The number of aliphatic hydroxyl groups excluding tert-OH is 1. The molecule has 0 saturated carbocycles. The van der Waals surface area contributed by atoms with E-state index in [2.05, 4.69) is 36.7 Å². The molecule has 1 unspecified atom stereocenters. The van der Waals surface area contributed by atoms with Gasteiger partial charge in [0.2, 0.25) is 0 Å². The number of aliphatic hydroxyl groups is 1. The predicted octanol–water partition coefficient (Wildman–Crippen LogP) is 6.97. The second-order valence-electron chi connectivity index (χ2n) is 11.6. The summed E-state index contributed by atoms with van der Waals surface area (Å²) in [5, 5.41) is 21.6. The molecular formula is C31H50Cl2N4O4S. The molecule has 0 bridgehead atoms. The summed E-state index contributed by atoms with van der Waals surface area (Å²) in [4.78, 5) is 13.7. The van der Waals surface area contributed by atoms with Crippen molar-refractivity contribution in [3.63, 3.8) is 0 Å². The highest BCUT2D eigenvalue weighted by Gasteiger charge is 2.29. The Morgan fingerprint density at radius 2 is 1.86 bits per heavy atom. The summed E-state index contributed by atoms with van der Waals surface area (Å²) in [5.41, 5.74) is 2.62. The summed E-state index contributed by atoms with van der Waals surface area (Å²) >= 11 is 6.23. The average molecular weight is 646 g/mol. The zero-order valence-corrected chi connectivity index (χ0v) is 27.7. The van der Waals surface area contributed by atoms with Gasteiger partial charge in [0.15, 0.2) is 0 Å². The molecule has 8 nitrogen and oxygen atoms in total. The number of rotatable bonds is 15. The second-order valence-corrected chi connectivity index (χ2v) is 14.1. The first-order valence-corrected chi connectivity index (χ1v) is 16.9. The van der Waals surface area contributed by atoms with Crippen LogP contribution in [-0.2, 0) is 6.42 Å². The van der Waals surface area contributed by atoms with Crippen LogP contribution in [0.2, 0.25) is 5.02 Å². The zero-order valence-electron chi connectivity index (χ0n) is 25.3. The van der Waals surface area contributed by atoms with Gasteiger partial charge >= 0.3 is 0 Å². The van der Waals surface area contributed by atoms with E-state index in [4.69, 9.17) is 11.6 Å². The van der Waals surface area contributed by atoms with Crippen molar-refractivity contribution in [1.82, 2.24) is 10.6 Å². The Morgan fingerprint density at radius 3 is 2.52 bits per heavy atom. The largest absolute Gasteiger partial charge is 0.390 e. The van der Waals surface area contributed by atoms with E-state index in [1.165, 1.54) is 6.42 Å². The molecule has 1 aliphatic heterocycles. The molecule has 6 N–H and O–H groups in total. The molecule has 1 aliphatic rings. The van der Waals surface area contributed by atoms with Gasteiger partial charge in [-0.1, -0.05) is 50.4 Å². The molecule has 0 aromatic heterocycles. The lowest BCUT2D eigenvalue weighted by Gasteiger charge is -2.47. The van der Waals surface area contributed by atoms with Crippen LogP contribution in [-0.4, -0.2) is 63.7 Å². The highest BCUT2D eigenvalue weighted by atomic mass is 35.5. The number of benzene rings is 2. The Bertz CT molecular complexity index is 1120. The number of anilines is 2. The van der Waals surface area contributed by atoms with Crippen LogP contribution in [0, 0.1) is 5.92 Å². The van der Waals surface area contributed by atoms with E-state index in [9.17, 15) is 19.0 Å². The Kier molecular flexibility index (Phi) is 15.2. The van der Waals surface area contributed by atoms with Crippen molar-refractivity contribution in [3.05, 3.63) is 58.6 Å². The lowest BCUT2D eigenvalue weighted by molar-refractivity contribution is 0.0825. The van der Waals surface area contributed by atoms with Gasteiger partial charge in [0.25, 0.3) is 5.91 Å². The van der Waals surface area contributed by atoms with Gasteiger partial charge in [0, 0.05) is 41.9 Å². The third kappa shape index (κ3) is 11.4. The number of amides is 1. The maximum Gasteiger partial charge on any atom is 0.251 e. The average Bonchev–Trinajstić information content (AvgIpc) is 2.91. The van der Waals surface area contributed by atoms with Crippen molar-refractivity contribution < 1.29 is 19.0 Å². The highest BCUT2D eigenvalue weighted by Crippen LogP contribution is 2.50. The molecule has 1 amide bonds. The minimum absolute atomic E-state index is 0. The SMILES string of the molecule is CCNc1cc(C(=O)N[C@@H](Cc2cccc(Cl)c2)[C@@H](O)CNC(C)CCCC(C)C)cc(N2CCCCS2(O)O)c1.Cl. The van der Waals surface area contributed by atoms with Crippen molar-refractivity contribution in [2.24, 2.45) is 5.92 Å². The van der Waals surface area contributed by atoms with E-state index in [-0.39, 0.29) is 24.4 Å². The number of hydrogen-bond acceptors (Lipinski definition) is 7. The Balaban J connectivity index is 0.00000616. The van der Waals surface area contributed by atoms with Gasteiger partial charge in [0.05, 0.1) is 23.6 Å². The zero-order chi connectivity index (χ0) is 30.0. The van der Waals surface area contributed by atoms with Crippen LogP contribution in [0.4, 0.5) is 11.4 Å². The molecule has 0 radical (unpaired) electrons. The summed E-state index contributed by atoms with van der Waals surface area (Å²) < 4.78 is 23.1. The molecule has 42 heavy (non-hydrogen) atoms. The number of nitrogens with one attached hydrogen (secondary N) is 3. The number of nitrogens with zero attached hydrogens (tertiary/aromatic N) is 1. The highest BCUT2D eigenvalue weighted by molar-refractivity contribution is 8.25. The Hall–Kier alpha value is -1.72. The van der Waals surface area contributed by atoms with Crippen molar-refractivity contribution >= 4 is 52.1 Å². The smallest absolute Gasteiger partial charge is 0.251 e. The van der Waals surface area contributed by atoms with Crippen molar-refractivity contribution in [1.29, 1.82) is 0 Å². The van der Waals surface area contributed by atoms with Gasteiger partial charge in [-0.3, -0.25) is 18.2 Å². The van der Waals surface area contributed by atoms with Crippen molar-refractivity contribution in [3.8, 4) is 0 Å². The summed E-state index contributed by atoms with van der Waals surface area (Å²) in [5.74, 6) is 0.645. The first-order valence-electron chi connectivity index (χ1n) is 14.9. The monoisotopic (exact) mass is 644 g/mol. The van der Waals surface area contributed by atoms with Crippen molar-refractivity contribution in [2.75, 3.05) is 35.0 Å². The molecule has 1 heterocycles. The minimum Gasteiger partial charge on any atom is -0.390 e. The fourth-order valence-corrected chi connectivity index (χ4v) is 7.04. The number of carbonyl (C=O) groups is 1. The van der Waals surface area contributed by atoms with E-state index in [1.54, 1.807) is 22.5 Å². The molecule has 1 saturated heterocycles. The first kappa shape index (κ1) is 36.5. The summed E-state index contributed by atoms with van der Waals surface area (Å²) in [6, 6.07) is 12.4. The van der Waals surface area contributed by atoms with Gasteiger partial charge in [-0.25, -0.2) is 0 Å². The van der Waals surface area contributed by atoms with Crippen LogP contribution in [0.5, 0.6) is 0 Å². The lowest BCUT2D eigenvalue weighted by atomic mass is 9.99. The van der Waals surface area contributed by atoms with Gasteiger partial charge < -0.3 is 21.1 Å². The van der Waals surface area contributed by atoms with Crippen LogP contribution in [0.1, 0.15) is 75.7 Å². The molecule has 0 aliphatic carbocycles. The minimum atomic E-state index is -2.95. The molecule has 11 heteroatoms. The number of hydrogen-bond donors (Lipinski definition) is 6.